The number of hydrogen-bond acceptors (Lipinski definition) is 2. The molecule has 0 saturated heterocycles. The fourth-order valence-electron chi connectivity index (χ4n) is 3.45. The van der Waals surface area contributed by atoms with E-state index < -0.39 is 0 Å². The van der Waals surface area contributed by atoms with Gasteiger partial charge in [0.1, 0.15) is 0 Å². The van der Waals surface area contributed by atoms with Crippen LogP contribution in [0.4, 0.5) is 0 Å². The summed E-state index contributed by atoms with van der Waals surface area (Å²) in [5, 5.41) is 6.95. The predicted octanol–water partition coefficient (Wildman–Crippen LogP) is 3.47. The Morgan fingerprint density at radius 1 is 1.22 bits per heavy atom. The van der Waals surface area contributed by atoms with Gasteiger partial charge in [-0.2, -0.15) is 0 Å². The monoisotopic (exact) mass is 317 g/mol. The molecule has 0 aromatic heterocycles. The quantitative estimate of drug-likeness (QED) is 0.598. The number of rotatable bonds is 7. The number of nitrogens with zero attached hydrogens (tertiary/aromatic N) is 1. The first kappa shape index (κ1) is 17.8. The molecule has 0 spiro atoms. The van der Waals surface area contributed by atoms with Gasteiger partial charge in [-0.15, -0.1) is 0 Å². The van der Waals surface area contributed by atoms with Gasteiger partial charge in [-0.25, -0.2) is 0 Å². The van der Waals surface area contributed by atoms with Crippen molar-refractivity contribution in [3.63, 3.8) is 0 Å². The van der Waals surface area contributed by atoms with Crippen molar-refractivity contribution in [2.75, 3.05) is 20.7 Å². The molecule has 1 aliphatic carbocycles. The summed E-state index contributed by atoms with van der Waals surface area (Å²) in [6.45, 7) is 4.76. The third-order valence-electron chi connectivity index (χ3n) is 5.03. The molecule has 2 N–H and O–H groups in total. The lowest BCUT2D eigenvalue weighted by atomic mass is 9.83. The molecular formula is C19H31N3O. The summed E-state index contributed by atoms with van der Waals surface area (Å²) in [6, 6.07) is 8.47. The molecule has 128 valence electrons. The highest BCUT2D eigenvalue weighted by Gasteiger charge is 2.31. The van der Waals surface area contributed by atoms with Crippen molar-refractivity contribution in [2.45, 2.75) is 52.2 Å². The molecule has 0 atom stereocenters. The number of guanidine groups is 1. The number of nitrogens with one attached hydrogen (secondary N) is 2. The zero-order chi connectivity index (χ0) is 16.5. The number of hydrogen-bond donors (Lipinski definition) is 2. The molecule has 1 saturated carbocycles. The van der Waals surface area contributed by atoms with Crippen LogP contribution in [0.1, 0.15) is 50.2 Å². The van der Waals surface area contributed by atoms with Crippen molar-refractivity contribution in [1.29, 1.82) is 0 Å². The van der Waals surface area contributed by atoms with Gasteiger partial charge < -0.3 is 15.4 Å². The Morgan fingerprint density at radius 3 is 2.61 bits per heavy atom. The van der Waals surface area contributed by atoms with Crippen LogP contribution >= 0.6 is 0 Å². The van der Waals surface area contributed by atoms with E-state index in [1.165, 1.54) is 43.2 Å². The molecule has 1 aromatic carbocycles. The lowest BCUT2D eigenvalue weighted by molar-refractivity contribution is 0.185. The molecular weight excluding hydrogens is 286 g/mol. The van der Waals surface area contributed by atoms with Crippen LogP contribution in [-0.2, 0) is 17.9 Å². The van der Waals surface area contributed by atoms with E-state index in [4.69, 9.17) is 4.74 Å². The second kappa shape index (κ2) is 8.92. The Bertz CT molecular complexity index is 507. The summed E-state index contributed by atoms with van der Waals surface area (Å²) < 4.78 is 5.19. The zero-order valence-corrected chi connectivity index (χ0v) is 14.8. The summed E-state index contributed by atoms with van der Waals surface area (Å²) in [5.41, 5.74) is 2.91. The van der Waals surface area contributed by atoms with Crippen molar-refractivity contribution >= 4 is 5.96 Å². The molecule has 4 heteroatoms. The molecule has 1 fully saturated rings. The molecule has 0 amide bonds. The van der Waals surface area contributed by atoms with Crippen molar-refractivity contribution in [1.82, 2.24) is 10.6 Å². The standard InChI is InChI=1S/C19H31N3O/c1-4-19(10-5-6-11-19)15-22-18(20-2)21-13-16-8-7-9-17(12-16)14-23-3/h7-9,12H,4-6,10-11,13-15H2,1-3H3,(H2,20,21,22). The van der Waals surface area contributed by atoms with Crippen LogP contribution in [0.25, 0.3) is 0 Å². The van der Waals surface area contributed by atoms with Crippen LogP contribution in [0.5, 0.6) is 0 Å². The van der Waals surface area contributed by atoms with Crippen LogP contribution in [0.3, 0.4) is 0 Å². The summed E-state index contributed by atoms with van der Waals surface area (Å²) in [7, 11) is 3.56. The Kier molecular flexibility index (Phi) is 6.90. The minimum absolute atomic E-state index is 0.468. The second-order valence-corrected chi connectivity index (χ2v) is 6.59. The molecule has 0 radical (unpaired) electrons. The van der Waals surface area contributed by atoms with Gasteiger partial charge in [0.05, 0.1) is 6.61 Å². The highest BCUT2D eigenvalue weighted by Crippen LogP contribution is 2.40. The van der Waals surface area contributed by atoms with Gasteiger partial charge in [-0.1, -0.05) is 44.0 Å². The average Bonchev–Trinajstić information content (AvgIpc) is 3.05. The summed E-state index contributed by atoms with van der Waals surface area (Å²) >= 11 is 0. The molecule has 23 heavy (non-hydrogen) atoms. The minimum Gasteiger partial charge on any atom is -0.380 e. The van der Waals surface area contributed by atoms with Crippen molar-refractivity contribution in [3.05, 3.63) is 35.4 Å². The van der Waals surface area contributed by atoms with E-state index in [-0.39, 0.29) is 0 Å². The summed E-state index contributed by atoms with van der Waals surface area (Å²) in [5.74, 6) is 0.891. The van der Waals surface area contributed by atoms with Crippen LogP contribution < -0.4 is 10.6 Å². The topological polar surface area (TPSA) is 45.7 Å². The predicted molar refractivity (Wildman–Crippen MR) is 96.5 cm³/mol. The highest BCUT2D eigenvalue weighted by atomic mass is 16.5. The lowest BCUT2D eigenvalue weighted by Crippen LogP contribution is -2.42. The number of methoxy groups -OCH3 is 1. The van der Waals surface area contributed by atoms with Gasteiger partial charge in [0.15, 0.2) is 5.96 Å². The van der Waals surface area contributed by atoms with Crippen molar-refractivity contribution < 1.29 is 4.74 Å². The Balaban J connectivity index is 1.84. The lowest BCUT2D eigenvalue weighted by Gasteiger charge is -2.28. The first-order valence-corrected chi connectivity index (χ1v) is 8.72. The van der Waals surface area contributed by atoms with E-state index in [2.05, 4.69) is 46.8 Å². The van der Waals surface area contributed by atoms with E-state index in [1.54, 1.807) is 7.11 Å². The van der Waals surface area contributed by atoms with E-state index in [9.17, 15) is 0 Å². The van der Waals surface area contributed by atoms with Gasteiger partial charge >= 0.3 is 0 Å². The second-order valence-electron chi connectivity index (χ2n) is 6.59. The SMILES string of the molecule is CCC1(CNC(=NC)NCc2cccc(COC)c2)CCCC1. The largest absolute Gasteiger partial charge is 0.380 e. The molecule has 2 rings (SSSR count). The van der Waals surface area contributed by atoms with Crippen LogP contribution in [0.2, 0.25) is 0 Å². The van der Waals surface area contributed by atoms with Crippen LogP contribution in [0, 0.1) is 5.41 Å². The normalized spacial score (nSPS) is 17.3. The maximum Gasteiger partial charge on any atom is 0.191 e. The molecule has 1 aromatic rings. The number of aliphatic imine (C=N–C) groups is 1. The summed E-state index contributed by atoms with van der Waals surface area (Å²) in [4.78, 5) is 4.36. The van der Waals surface area contributed by atoms with Gasteiger partial charge in [0.2, 0.25) is 0 Å². The van der Waals surface area contributed by atoms with E-state index >= 15 is 0 Å². The van der Waals surface area contributed by atoms with E-state index in [0.717, 1.165) is 19.0 Å². The minimum atomic E-state index is 0.468. The van der Waals surface area contributed by atoms with Crippen LogP contribution in [0.15, 0.2) is 29.3 Å². The number of benzene rings is 1. The van der Waals surface area contributed by atoms with Gasteiger partial charge in [0.25, 0.3) is 0 Å². The van der Waals surface area contributed by atoms with E-state index in [0.29, 0.717) is 12.0 Å². The average molecular weight is 317 g/mol. The molecule has 4 nitrogen and oxygen atoms in total. The highest BCUT2D eigenvalue weighted by molar-refractivity contribution is 5.79. The van der Waals surface area contributed by atoms with Gasteiger partial charge in [-0.3, -0.25) is 4.99 Å². The summed E-state index contributed by atoms with van der Waals surface area (Å²) in [6.07, 6.45) is 6.66. The Hall–Kier alpha value is -1.55. The first-order valence-electron chi connectivity index (χ1n) is 8.72. The van der Waals surface area contributed by atoms with Crippen molar-refractivity contribution in [2.24, 2.45) is 10.4 Å². The van der Waals surface area contributed by atoms with Crippen LogP contribution in [-0.4, -0.2) is 26.7 Å². The first-order chi connectivity index (χ1) is 11.2. The fraction of sp³-hybridized carbons (Fsp3) is 0.632. The zero-order valence-electron chi connectivity index (χ0n) is 14.8. The van der Waals surface area contributed by atoms with Gasteiger partial charge in [0, 0.05) is 27.2 Å². The molecule has 0 unspecified atom stereocenters. The smallest absolute Gasteiger partial charge is 0.191 e. The molecule has 0 heterocycles. The van der Waals surface area contributed by atoms with Gasteiger partial charge in [-0.05, 0) is 35.8 Å². The molecule has 0 bridgehead atoms. The van der Waals surface area contributed by atoms with E-state index in [1.807, 2.05) is 7.05 Å². The van der Waals surface area contributed by atoms with Crippen molar-refractivity contribution in [3.8, 4) is 0 Å². The number of ether oxygens (including phenoxy) is 1. The maximum atomic E-state index is 5.19. The third-order valence-corrected chi connectivity index (χ3v) is 5.03. The Morgan fingerprint density at radius 2 is 1.96 bits per heavy atom. The third kappa shape index (κ3) is 5.24. The molecule has 0 aliphatic heterocycles. The molecule has 1 aliphatic rings. The Labute approximate surface area is 140 Å². The fourth-order valence-corrected chi connectivity index (χ4v) is 3.45. The maximum absolute atomic E-state index is 5.19.